The number of esters is 2. The van der Waals surface area contributed by atoms with E-state index in [0.29, 0.717) is 24.8 Å². The molecule has 0 aliphatic heterocycles. The molecule has 0 amide bonds. The van der Waals surface area contributed by atoms with Crippen LogP contribution in [0.5, 0.6) is 0 Å². The summed E-state index contributed by atoms with van der Waals surface area (Å²) in [6.45, 7) is 3.84. The van der Waals surface area contributed by atoms with Gasteiger partial charge in [0.05, 0.1) is 13.2 Å². The molecule has 0 spiro atoms. The first-order valence-corrected chi connectivity index (χ1v) is 9.19. The van der Waals surface area contributed by atoms with Crippen LogP contribution < -0.4 is 0 Å². The fourth-order valence-corrected chi connectivity index (χ4v) is 4.15. The molecule has 0 aromatic heterocycles. The fraction of sp³-hybridized carbons (Fsp3) is 0.476. The van der Waals surface area contributed by atoms with Gasteiger partial charge in [-0.3, -0.25) is 14.4 Å². The summed E-state index contributed by atoms with van der Waals surface area (Å²) in [5, 5.41) is 0. The number of rotatable bonds is 5. The number of benzene rings is 1. The highest BCUT2D eigenvalue weighted by atomic mass is 16.6. The zero-order valence-corrected chi connectivity index (χ0v) is 15.2. The molecule has 138 valence electrons. The Labute approximate surface area is 153 Å². The Morgan fingerprint density at radius 2 is 1.69 bits per heavy atom. The molecule has 1 unspecified atom stereocenters. The molecule has 2 aliphatic carbocycles. The first-order chi connectivity index (χ1) is 12.5. The van der Waals surface area contributed by atoms with E-state index in [9.17, 15) is 14.4 Å². The van der Waals surface area contributed by atoms with Crippen LogP contribution in [0.1, 0.15) is 45.1 Å². The zero-order chi connectivity index (χ0) is 18.7. The second-order valence-corrected chi connectivity index (χ2v) is 6.83. The highest BCUT2D eigenvalue weighted by Crippen LogP contribution is 2.53. The maximum atomic E-state index is 12.7. The van der Waals surface area contributed by atoms with Crippen LogP contribution in [0, 0.1) is 11.3 Å². The second-order valence-electron chi connectivity index (χ2n) is 6.83. The minimum absolute atomic E-state index is 0.0247. The highest BCUT2D eigenvalue weighted by Gasteiger charge is 2.57. The molecule has 1 aromatic carbocycles. The second kappa shape index (κ2) is 7.44. The van der Waals surface area contributed by atoms with Gasteiger partial charge in [0.2, 0.25) is 0 Å². The van der Waals surface area contributed by atoms with Crippen molar-refractivity contribution < 1.29 is 23.9 Å². The molecule has 1 saturated carbocycles. The average molecular weight is 356 g/mol. The molecule has 0 saturated heterocycles. The lowest BCUT2D eigenvalue weighted by Crippen LogP contribution is -2.40. The lowest BCUT2D eigenvalue weighted by Gasteiger charge is -2.24. The van der Waals surface area contributed by atoms with E-state index in [-0.39, 0.29) is 31.3 Å². The summed E-state index contributed by atoms with van der Waals surface area (Å²) < 4.78 is 10.4. The molecule has 0 heterocycles. The van der Waals surface area contributed by atoms with E-state index in [0.717, 1.165) is 11.1 Å². The number of ether oxygens (including phenoxy) is 2. The molecule has 0 N–H and O–H groups in total. The quantitative estimate of drug-likeness (QED) is 0.598. The number of hydrogen-bond acceptors (Lipinski definition) is 5. The van der Waals surface area contributed by atoms with Crippen molar-refractivity contribution in [3.63, 3.8) is 0 Å². The number of fused-ring (bicyclic) bond motifs is 1. The van der Waals surface area contributed by atoms with Gasteiger partial charge in [0.1, 0.15) is 0 Å². The molecule has 2 aliphatic rings. The van der Waals surface area contributed by atoms with Crippen LogP contribution in [-0.4, -0.2) is 30.9 Å². The normalized spacial score (nSPS) is 21.3. The van der Waals surface area contributed by atoms with Gasteiger partial charge in [0.15, 0.2) is 11.2 Å². The molecular weight excluding hydrogens is 332 g/mol. The SMILES string of the molecule is CCOC(=O)C1(C(=O)OCC)CC2=C(c3ccccc3)C(=O)CCC2C1. The third-order valence-corrected chi connectivity index (χ3v) is 5.29. The number of ketones is 1. The van der Waals surface area contributed by atoms with E-state index in [1.54, 1.807) is 13.8 Å². The van der Waals surface area contributed by atoms with Crippen LogP contribution in [0.25, 0.3) is 5.57 Å². The molecule has 0 bridgehead atoms. The van der Waals surface area contributed by atoms with Crippen molar-refractivity contribution in [3.8, 4) is 0 Å². The van der Waals surface area contributed by atoms with Gasteiger partial charge in [-0.2, -0.15) is 0 Å². The van der Waals surface area contributed by atoms with E-state index in [2.05, 4.69) is 0 Å². The van der Waals surface area contributed by atoms with Crippen molar-refractivity contribution in [1.29, 1.82) is 0 Å². The van der Waals surface area contributed by atoms with Crippen molar-refractivity contribution in [3.05, 3.63) is 41.5 Å². The third kappa shape index (κ3) is 3.06. The van der Waals surface area contributed by atoms with Crippen molar-refractivity contribution in [1.82, 2.24) is 0 Å². The van der Waals surface area contributed by atoms with Gasteiger partial charge in [-0.1, -0.05) is 35.9 Å². The number of carbonyl (C=O) groups excluding carboxylic acids is 3. The van der Waals surface area contributed by atoms with Crippen LogP contribution in [0.3, 0.4) is 0 Å². The zero-order valence-electron chi connectivity index (χ0n) is 15.2. The minimum Gasteiger partial charge on any atom is -0.465 e. The Balaban J connectivity index is 2.08. The summed E-state index contributed by atoms with van der Waals surface area (Å²) in [4.78, 5) is 38.1. The summed E-state index contributed by atoms with van der Waals surface area (Å²) in [5.41, 5.74) is 1.07. The van der Waals surface area contributed by atoms with E-state index >= 15 is 0 Å². The third-order valence-electron chi connectivity index (χ3n) is 5.29. The minimum atomic E-state index is -1.34. The Bertz CT molecular complexity index is 729. The topological polar surface area (TPSA) is 69.7 Å². The predicted octanol–water partition coefficient (Wildman–Crippen LogP) is 3.33. The van der Waals surface area contributed by atoms with Crippen molar-refractivity contribution in [2.75, 3.05) is 13.2 Å². The van der Waals surface area contributed by atoms with Gasteiger partial charge < -0.3 is 9.47 Å². The number of Topliss-reactive ketones (excluding diaryl/α,β-unsaturated/α-hetero) is 1. The van der Waals surface area contributed by atoms with Gasteiger partial charge in [0, 0.05) is 12.0 Å². The first kappa shape index (κ1) is 18.4. The summed E-state index contributed by atoms with van der Waals surface area (Å²) >= 11 is 0. The lowest BCUT2D eigenvalue weighted by atomic mass is 9.81. The van der Waals surface area contributed by atoms with Crippen molar-refractivity contribution in [2.45, 2.75) is 39.5 Å². The monoisotopic (exact) mass is 356 g/mol. The van der Waals surface area contributed by atoms with Crippen LogP contribution in [-0.2, 0) is 23.9 Å². The molecule has 3 rings (SSSR count). The molecule has 0 radical (unpaired) electrons. The van der Waals surface area contributed by atoms with Crippen molar-refractivity contribution in [2.24, 2.45) is 11.3 Å². The molecule has 1 atom stereocenters. The van der Waals surface area contributed by atoms with Gasteiger partial charge in [0.25, 0.3) is 0 Å². The standard InChI is InChI=1S/C21H24O5/c1-3-25-19(23)21(20(24)26-4-2)12-15-10-11-17(22)18(16(15)13-21)14-8-6-5-7-9-14/h5-9,15H,3-4,10-13H2,1-2H3. The molecule has 5 nitrogen and oxygen atoms in total. The number of carbonyl (C=O) groups is 3. The van der Waals surface area contributed by atoms with E-state index in [1.807, 2.05) is 30.3 Å². The predicted molar refractivity (Wildman–Crippen MR) is 96.0 cm³/mol. The van der Waals surface area contributed by atoms with Gasteiger partial charge in [-0.05, 0) is 44.6 Å². The molecular formula is C21H24O5. The number of allylic oxidation sites excluding steroid dienone is 2. The van der Waals surface area contributed by atoms with E-state index in [1.165, 1.54) is 0 Å². The first-order valence-electron chi connectivity index (χ1n) is 9.19. The summed E-state index contributed by atoms with van der Waals surface area (Å²) in [6.07, 6.45) is 1.64. The van der Waals surface area contributed by atoms with Crippen LogP contribution in [0.4, 0.5) is 0 Å². The molecule has 5 heteroatoms. The highest BCUT2D eigenvalue weighted by molar-refractivity contribution is 6.23. The van der Waals surface area contributed by atoms with Crippen LogP contribution in [0.2, 0.25) is 0 Å². The fourth-order valence-electron chi connectivity index (χ4n) is 4.15. The molecule has 26 heavy (non-hydrogen) atoms. The van der Waals surface area contributed by atoms with Gasteiger partial charge in [-0.15, -0.1) is 0 Å². The smallest absolute Gasteiger partial charge is 0.323 e. The Kier molecular flexibility index (Phi) is 5.25. The van der Waals surface area contributed by atoms with Gasteiger partial charge >= 0.3 is 11.9 Å². The van der Waals surface area contributed by atoms with Gasteiger partial charge in [-0.25, -0.2) is 0 Å². The molecule has 1 aromatic rings. The van der Waals surface area contributed by atoms with Crippen LogP contribution >= 0.6 is 0 Å². The Hall–Kier alpha value is -2.43. The largest absolute Gasteiger partial charge is 0.465 e. The lowest BCUT2D eigenvalue weighted by molar-refractivity contribution is -0.171. The maximum absolute atomic E-state index is 12.7. The van der Waals surface area contributed by atoms with Crippen LogP contribution in [0.15, 0.2) is 35.9 Å². The molecule has 1 fully saturated rings. The number of hydrogen-bond donors (Lipinski definition) is 0. The summed E-state index contributed by atoms with van der Waals surface area (Å²) in [5.74, 6) is -0.983. The Morgan fingerprint density at radius 1 is 1.08 bits per heavy atom. The summed E-state index contributed by atoms with van der Waals surface area (Å²) in [6, 6.07) is 9.47. The van der Waals surface area contributed by atoms with Crippen molar-refractivity contribution >= 4 is 23.3 Å². The van der Waals surface area contributed by atoms with E-state index in [4.69, 9.17) is 9.47 Å². The summed E-state index contributed by atoms with van der Waals surface area (Å²) in [7, 11) is 0. The Morgan fingerprint density at radius 3 is 2.27 bits per heavy atom. The maximum Gasteiger partial charge on any atom is 0.323 e. The van der Waals surface area contributed by atoms with E-state index < -0.39 is 17.4 Å². The average Bonchev–Trinajstić information content (AvgIpc) is 3.04.